The van der Waals surface area contributed by atoms with Crippen LogP contribution in [-0.4, -0.2) is 26.8 Å². The normalized spacial score (nSPS) is 26.8. The van der Waals surface area contributed by atoms with Gasteiger partial charge in [-0.15, -0.1) is 0 Å². The second-order valence-corrected chi connectivity index (χ2v) is 5.85. The molecule has 0 amide bonds. The summed E-state index contributed by atoms with van der Waals surface area (Å²) in [6.07, 6.45) is 11.3. The van der Waals surface area contributed by atoms with E-state index in [4.69, 9.17) is 4.74 Å². The first-order valence-electron chi connectivity index (χ1n) is 7.07. The zero-order valence-corrected chi connectivity index (χ0v) is 10.8. The van der Waals surface area contributed by atoms with Crippen LogP contribution in [0.4, 0.5) is 0 Å². The van der Waals surface area contributed by atoms with Gasteiger partial charge in [0.2, 0.25) is 0 Å². The van der Waals surface area contributed by atoms with Crippen LogP contribution in [-0.2, 0) is 4.74 Å². The van der Waals surface area contributed by atoms with Gasteiger partial charge in [-0.3, -0.25) is 0 Å². The van der Waals surface area contributed by atoms with Crippen molar-refractivity contribution in [2.45, 2.75) is 51.4 Å². The third kappa shape index (κ3) is 3.21. The molecule has 2 nitrogen and oxygen atoms in total. The lowest BCUT2D eigenvalue weighted by molar-refractivity contribution is 0.000101. The molecular weight excluding hydrogens is 198 g/mol. The molecule has 2 fully saturated rings. The van der Waals surface area contributed by atoms with Gasteiger partial charge in [0.25, 0.3) is 0 Å². The predicted octanol–water partition coefficient (Wildman–Crippen LogP) is 2.97. The Morgan fingerprint density at radius 3 is 2.44 bits per heavy atom. The maximum absolute atomic E-state index is 5.53. The second-order valence-electron chi connectivity index (χ2n) is 5.85. The summed E-state index contributed by atoms with van der Waals surface area (Å²) in [4.78, 5) is 0. The Balaban J connectivity index is 1.89. The first-order chi connectivity index (χ1) is 7.85. The lowest BCUT2D eigenvalue weighted by atomic mass is 9.70. The molecule has 0 spiro atoms. The fourth-order valence-electron chi connectivity index (χ4n) is 3.64. The summed E-state index contributed by atoms with van der Waals surface area (Å²) >= 11 is 0. The molecule has 0 atom stereocenters. The average molecular weight is 225 g/mol. The molecule has 0 radical (unpaired) electrons. The Morgan fingerprint density at radius 2 is 1.81 bits per heavy atom. The molecule has 0 aromatic carbocycles. The molecule has 1 aliphatic carbocycles. The Hall–Kier alpha value is -0.0800. The van der Waals surface area contributed by atoms with Crippen molar-refractivity contribution in [1.29, 1.82) is 0 Å². The molecule has 1 saturated carbocycles. The monoisotopic (exact) mass is 225 g/mol. The highest BCUT2D eigenvalue weighted by atomic mass is 16.5. The van der Waals surface area contributed by atoms with Crippen LogP contribution >= 0.6 is 0 Å². The van der Waals surface area contributed by atoms with Crippen LogP contribution in [0.25, 0.3) is 0 Å². The molecule has 1 heterocycles. The maximum atomic E-state index is 5.53. The van der Waals surface area contributed by atoms with Crippen molar-refractivity contribution in [1.82, 2.24) is 5.32 Å². The molecule has 0 aromatic heterocycles. The molecule has 2 rings (SSSR count). The minimum Gasteiger partial charge on any atom is -0.381 e. The molecule has 0 unspecified atom stereocenters. The minimum atomic E-state index is 0.551. The van der Waals surface area contributed by atoms with Gasteiger partial charge in [-0.05, 0) is 37.6 Å². The summed E-state index contributed by atoms with van der Waals surface area (Å²) in [6, 6.07) is 0. The Labute approximate surface area is 100 Å². The van der Waals surface area contributed by atoms with Gasteiger partial charge in [-0.1, -0.05) is 32.1 Å². The van der Waals surface area contributed by atoms with E-state index in [1.807, 2.05) is 0 Å². The van der Waals surface area contributed by atoms with E-state index in [9.17, 15) is 0 Å². The van der Waals surface area contributed by atoms with Crippen molar-refractivity contribution in [2.75, 3.05) is 26.8 Å². The molecule has 94 valence electrons. The van der Waals surface area contributed by atoms with Crippen LogP contribution < -0.4 is 5.32 Å². The van der Waals surface area contributed by atoms with Gasteiger partial charge in [-0.25, -0.2) is 0 Å². The highest BCUT2D eigenvalue weighted by Gasteiger charge is 2.34. The lowest BCUT2D eigenvalue weighted by Crippen LogP contribution is -2.39. The molecule has 2 aliphatic rings. The molecule has 2 heteroatoms. The molecule has 1 saturated heterocycles. The van der Waals surface area contributed by atoms with Gasteiger partial charge < -0.3 is 10.1 Å². The third-order valence-electron chi connectivity index (χ3n) is 4.55. The van der Waals surface area contributed by atoms with Crippen LogP contribution in [0.15, 0.2) is 0 Å². The van der Waals surface area contributed by atoms with Crippen molar-refractivity contribution in [2.24, 2.45) is 11.3 Å². The van der Waals surface area contributed by atoms with E-state index >= 15 is 0 Å². The van der Waals surface area contributed by atoms with Crippen molar-refractivity contribution in [3.05, 3.63) is 0 Å². The van der Waals surface area contributed by atoms with E-state index < -0.39 is 0 Å². The van der Waals surface area contributed by atoms with Crippen LogP contribution in [0.3, 0.4) is 0 Å². The minimum absolute atomic E-state index is 0.551. The average Bonchev–Trinajstić information content (AvgIpc) is 2.31. The van der Waals surface area contributed by atoms with Gasteiger partial charge in [0.05, 0.1) is 0 Å². The molecular formula is C14H27NO. The molecule has 16 heavy (non-hydrogen) atoms. The fraction of sp³-hybridized carbons (Fsp3) is 1.00. The van der Waals surface area contributed by atoms with Crippen molar-refractivity contribution >= 4 is 0 Å². The summed E-state index contributed by atoms with van der Waals surface area (Å²) in [5, 5.41) is 3.41. The second kappa shape index (κ2) is 6.02. The van der Waals surface area contributed by atoms with Gasteiger partial charge in [0.1, 0.15) is 0 Å². The summed E-state index contributed by atoms with van der Waals surface area (Å²) in [5.41, 5.74) is 0.551. The van der Waals surface area contributed by atoms with E-state index in [2.05, 4.69) is 12.4 Å². The molecule has 1 N–H and O–H groups in total. The first kappa shape index (κ1) is 12.4. The Bertz CT molecular complexity index is 187. The SMILES string of the molecule is CNCC1(CC2CCCCC2)CCOCC1. The number of nitrogens with one attached hydrogen (secondary N) is 1. The standard InChI is InChI=1S/C14H27NO/c1-15-12-14(7-9-16-10-8-14)11-13-5-3-2-4-6-13/h13,15H,2-12H2,1H3. The van der Waals surface area contributed by atoms with E-state index in [0.717, 1.165) is 19.1 Å². The van der Waals surface area contributed by atoms with Crippen molar-refractivity contribution in [3.8, 4) is 0 Å². The predicted molar refractivity (Wildman–Crippen MR) is 67.6 cm³/mol. The first-order valence-corrected chi connectivity index (χ1v) is 7.07. The topological polar surface area (TPSA) is 21.3 Å². The van der Waals surface area contributed by atoms with Gasteiger partial charge >= 0.3 is 0 Å². The number of hydrogen-bond donors (Lipinski definition) is 1. The zero-order valence-electron chi connectivity index (χ0n) is 10.8. The van der Waals surface area contributed by atoms with E-state index in [1.165, 1.54) is 57.9 Å². The van der Waals surface area contributed by atoms with Crippen LogP contribution in [0, 0.1) is 11.3 Å². The number of ether oxygens (including phenoxy) is 1. The van der Waals surface area contributed by atoms with Crippen LogP contribution in [0.2, 0.25) is 0 Å². The Kier molecular flexibility index (Phi) is 4.66. The zero-order chi connectivity index (χ0) is 11.3. The quantitative estimate of drug-likeness (QED) is 0.794. The fourth-order valence-corrected chi connectivity index (χ4v) is 3.64. The molecule has 0 aromatic rings. The lowest BCUT2D eigenvalue weighted by Gasteiger charge is -2.40. The summed E-state index contributed by atoms with van der Waals surface area (Å²) in [5.74, 6) is 1.00. The van der Waals surface area contributed by atoms with E-state index in [-0.39, 0.29) is 0 Å². The number of hydrogen-bond acceptors (Lipinski definition) is 2. The van der Waals surface area contributed by atoms with Gasteiger partial charge in [0.15, 0.2) is 0 Å². The van der Waals surface area contributed by atoms with Crippen molar-refractivity contribution in [3.63, 3.8) is 0 Å². The van der Waals surface area contributed by atoms with E-state index in [1.54, 1.807) is 0 Å². The summed E-state index contributed by atoms with van der Waals surface area (Å²) < 4.78 is 5.53. The number of rotatable bonds is 4. The largest absolute Gasteiger partial charge is 0.381 e. The summed E-state index contributed by atoms with van der Waals surface area (Å²) in [7, 11) is 2.10. The van der Waals surface area contributed by atoms with Gasteiger partial charge in [0, 0.05) is 19.8 Å². The van der Waals surface area contributed by atoms with Crippen LogP contribution in [0.1, 0.15) is 51.4 Å². The van der Waals surface area contributed by atoms with Crippen LogP contribution in [0.5, 0.6) is 0 Å². The maximum Gasteiger partial charge on any atom is 0.0471 e. The summed E-state index contributed by atoms with van der Waals surface area (Å²) in [6.45, 7) is 3.15. The van der Waals surface area contributed by atoms with E-state index in [0.29, 0.717) is 5.41 Å². The molecule has 0 bridgehead atoms. The third-order valence-corrected chi connectivity index (χ3v) is 4.55. The van der Waals surface area contributed by atoms with Gasteiger partial charge in [-0.2, -0.15) is 0 Å². The molecule has 1 aliphatic heterocycles. The smallest absolute Gasteiger partial charge is 0.0471 e. The Morgan fingerprint density at radius 1 is 1.12 bits per heavy atom. The highest BCUT2D eigenvalue weighted by Crippen LogP contribution is 2.40. The van der Waals surface area contributed by atoms with Crippen molar-refractivity contribution < 1.29 is 4.74 Å². The highest BCUT2D eigenvalue weighted by molar-refractivity contribution is 4.86.